The van der Waals surface area contributed by atoms with Gasteiger partial charge in [-0.05, 0) is 31.6 Å². The minimum atomic E-state index is -3.20. The molecular formula is C16H35IN4O2S. The van der Waals surface area contributed by atoms with E-state index in [2.05, 4.69) is 34.2 Å². The summed E-state index contributed by atoms with van der Waals surface area (Å²) in [6.45, 7) is 8.84. The monoisotopic (exact) mass is 474 g/mol. The van der Waals surface area contributed by atoms with Crippen LogP contribution in [0, 0.1) is 11.8 Å². The Morgan fingerprint density at radius 2 is 1.83 bits per heavy atom. The van der Waals surface area contributed by atoms with Gasteiger partial charge in [0, 0.05) is 26.2 Å². The van der Waals surface area contributed by atoms with Crippen LogP contribution in [0.25, 0.3) is 0 Å². The van der Waals surface area contributed by atoms with Gasteiger partial charge < -0.3 is 10.6 Å². The Morgan fingerprint density at radius 1 is 1.17 bits per heavy atom. The molecule has 0 heterocycles. The SMILES string of the molecule is CCNC(=NCC(CC)CC)NCCS(=O)(=O)NCC1CCC1.I. The zero-order valence-corrected chi connectivity index (χ0v) is 18.5. The number of nitrogens with one attached hydrogen (secondary N) is 3. The highest BCUT2D eigenvalue weighted by atomic mass is 127. The molecule has 24 heavy (non-hydrogen) atoms. The highest BCUT2D eigenvalue weighted by Gasteiger charge is 2.20. The van der Waals surface area contributed by atoms with Gasteiger partial charge in [0.2, 0.25) is 10.0 Å². The third-order valence-corrected chi connectivity index (χ3v) is 5.83. The fourth-order valence-corrected chi connectivity index (χ4v) is 3.43. The maximum absolute atomic E-state index is 12.0. The van der Waals surface area contributed by atoms with E-state index in [0.29, 0.717) is 30.9 Å². The van der Waals surface area contributed by atoms with Crippen molar-refractivity contribution < 1.29 is 8.42 Å². The Bertz CT molecular complexity index is 449. The van der Waals surface area contributed by atoms with Crippen LogP contribution in [0.15, 0.2) is 4.99 Å². The molecule has 1 rings (SSSR count). The Morgan fingerprint density at radius 3 is 2.33 bits per heavy atom. The van der Waals surface area contributed by atoms with Gasteiger partial charge in [0.25, 0.3) is 0 Å². The minimum absolute atomic E-state index is 0. The Balaban J connectivity index is 0.00000529. The third-order valence-electron chi connectivity index (χ3n) is 4.49. The van der Waals surface area contributed by atoms with E-state index in [4.69, 9.17) is 0 Å². The zero-order chi connectivity index (χ0) is 17.1. The Hall–Kier alpha value is -0.0900. The maximum atomic E-state index is 12.0. The molecule has 3 N–H and O–H groups in total. The summed E-state index contributed by atoms with van der Waals surface area (Å²) >= 11 is 0. The summed E-state index contributed by atoms with van der Waals surface area (Å²) in [7, 11) is -3.20. The van der Waals surface area contributed by atoms with Crippen molar-refractivity contribution in [2.24, 2.45) is 16.8 Å². The molecule has 0 saturated heterocycles. The summed E-state index contributed by atoms with van der Waals surface area (Å²) in [4.78, 5) is 4.55. The molecule has 1 aliphatic rings. The fraction of sp³-hybridized carbons (Fsp3) is 0.938. The van der Waals surface area contributed by atoms with Gasteiger partial charge in [-0.1, -0.05) is 33.1 Å². The first kappa shape index (κ1) is 23.9. The predicted octanol–water partition coefficient (Wildman–Crippen LogP) is 2.32. The number of sulfonamides is 1. The van der Waals surface area contributed by atoms with E-state index in [1.807, 2.05) is 6.92 Å². The average Bonchev–Trinajstić information content (AvgIpc) is 2.46. The molecule has 0 bridgehead atoms. The van der Waals surface area contributed by atoms with Crippen LogP contribution in [0.3, 0.4) is 0 Å². The first-order valence-electron chi connectivity index (χ1n) is 9.00. The van der Waals surface area contributed by atoms with Gasteiger partial charge in [-0.15, -0.1) is 24.0 Å². The van der Waals surface area contributed by atoms with Crippen LogP contribution in [0.2, 0.25) is 0 Å². The van der Waals surface area contributed by atoms with E-state index < -0.39 is 10.0 Å². The topological polar surface area (TPSA) is 82.6 Å². The molecule has 0 aliphatic heterocycles. The van der Waals surface area contributed by atoms with Gasteiger partial charge in [-0.25, -0.2) is 13.1 Å². The summed E-state index contributed by atoms with van der Waals surface area (Å²) < 4.78 is 26.6. The third kappa shape index (κ3) is 10.0. The maximum Gasteiger partial charge on any atom is 0.213 e. The molecule has 0 amide bonds. The van der Waals surface area contributed by atoms with Crippen LogP contribution in [-0.4, -0.2) is 46.3 Å². The standard InChI is InChI=1S/C16H34N4O2S.HI/c1-4-14(5-2)12-19-16(17-6-3)18-10-11-23(21,22)20-13-15-8-7-9-15;/h14-15,20H,4-13H2,1-3H3,(H2,17,18,19);1H. The Labute approximate surface area is 165 Å². The van der Waals surface area contributed by atoms with E-state index in [-0.39, 0.29) is 29.7 Å². The van der Waals surface area contributed by atoms with Crippen LogP contribution in [0.1, 0.15) is 52.9 Å². The van der Waals surface area contributed by atoms with Gasteiger partial charge in [0.05, 0.1) is 5.75 Å². The van der Waals surface area contributed by atoms with Gasteiger partial charge >= 0.3 is 0 Å². The smallest absolute Gasteiger partial charge is 0.213 e. The predicted molar refractivity (Wildman–Crippen MR) is 113 cm³/mol. The van der Waals surface area contributed by atoms with Crippen molar-refractivity contribution in [3.8, 4) is 0 Å². The summed E-state index contributed by atoms with van der Waals surface area (Å²) in [5, 5.41) is 6.28. The van der Waals surface area contributed by atoms with Crippen LogP contribution in [0.5, 0.6) is 0 Å². The molecule has 0 aromatic rings. The molecule has 0 atom stereocenters. The molecule has 8 heteroatoms. The lowest BCUT2D eigenvalue weighted by Gasteiger charge is -2.25. The van der Waals surface area contributed by atoms with Crippen molar-refractivity contribution in [2.45, 2.75) is 52.9 Å². The quantitative estimate of drug-likeness (QED) is 0.244. The van der Waals surface area contributed by atoms with Crippen LogP contribution in [0.4, 0.5) is 0 Å². The van der Waals surface area contributed by atoms with Crippen molar-refractivity contribution in [2.75, 3.05) is 31.9 Å². The molecule has 1 aliphatic carbocycles. The molecule has 0 aromatic heterocycles. The van der Waals surface area contributed by atoms with E-state index in [1.54, 1.807) is 0 Å². The lowest BCUT2D eigenvalue weighted by atomic mass is 9.86. The lowest BCUT2D eigenvalue weighted by Crippen LogP contribution is -2.42. The zero-order valence-electron chi connectivity index (χ0n) is 15.3. The fourth-order valence-electron chi connectivity index (χ4n) is 2.43. The highest BCUT2D eigenvalue weighted by Crippen LogP contribution is 2.25. The number of hydrogen-bond donors (Lipinski definition) is 3. The normalized spacial score (nSPS) is 15.8. The molecule has 0 radical (unpaired) electrons. The molecule has 6 nitrogen and oxygen atoms in total. The first-order chi connectivity index (χ1) is 11.0. The summed E-state index contributed by atoms with van der Waals surface area (Å²) in [6, 6.07) is 0. The largest absolute Gasteiger partial charge is 0.357 e. The highest BCUT2D eigenvalue weighted by molar-refractivity contribution is 14.0. The van der Waals surface area contributed by atoms with Crippen molar-refractivity contribution in [1.82, 2.24) is 15.4 Å². The molecule has 1 fully saturated rings. The molecule has 0 aromatic carbocycles. The van der Waals surface area contributed by atoms with Gasteiger partial charge in [0.1, 0.15) is 0 Å². The molecule has 0 spiro atoms. The van der Waals surface area contributed by atoms with Gasteiger partial charge in [-0.2, -0.15) is 0 Å². The minimum Gasteiger partial charge on any atom is -0.357 e. The second-order valence-corrected chi connectivity index (χ2v) is 8.22. The number of halogens is 1. The lowest BCUT2D eigenvalue weighted by molar-refractivity contribution is 0.316. The van der Waals surface area contributed by atoms with Crippen LogP contribution < -0.4 is 15.4 Å². The number of aliphatic imine (C=N–C) groups is 1. The number of hydrogen-bond acceptors (Lipinski definition) is 3. The molecule has 0 unspecified atom stereocenters. The Kier molecular flexibility index (Phi) is 13.1. The number of guanidine groups is 1. The molecule has 1 saturated carbocycles. The van der Waals surface area contributed by atoms with Crippen molar-refractivity contribution in [1.29, 1.82) is 0 Å². The van der Waals surface area contributed by atoms with Gasteiger partial charge in [0.15, 0.2) is 5.96 Å². The van der Waals surface area contributed by atoms with Gasteiger partial charge in [-0.3, -0.25) is 4.99 Å². The van der Waals surface area contributed by atoms with Crippen molar-refractivity contribution in [3.05, 3.63) is 0 Å². The first-order valence-corrected chi connectivity index (χ1v) is 10.6. The van der Waals surface area contributed by atoms with Crippen molar-refractivity contribution >= 4 is 40.0 Å². The van der Waals surface area contributed by atoms with E-state index in [1.165, 1.54) is 6.42 Å². The van der Waals surface area contributed by atoms with E-state index in [9.17, 15) is 8.42 Å². The summed E-state index contributed by atoms with van der Waals surface area (Å²) in [5.41, 5.74) is 0. The number of nitrogens with zero attached hydrogens (tertiary/aromatic N) is 1. The van der Waals surface area contributed by atoms with E-state index >= 15 is 0 Å². The summed E-state index contributed by atoms with van der Waals surface area (Å²) in [6.07, 6.45) is 5.74. The van der Waals surface area contributed by atoms with Crippen LogP contribution in [-0.2, 0) is 10.0 Å². The van der Waals surface area contributed by atoms with Crippen LogP contribution >= 0.6 is 24.0 Å². The van der Waals surface area contributed by atoms with E-state index in [0.717, 1.165) is 38.8 Å². The van der Waals surface area contributed by atoms with Crippen molar-refractivity contribution in [3.63, 3.8) is 0 Å². The second kappa shape index (κ2) is 13.2. The molecular weight excluding hydrogens is 439 g/mol. The molecule has 144 valence electrons. The average molecular weight is 474 g/mol. The summed E-state index contributed by atoms with van der Waals surface area (Å²) in [5.74, 6) is 1.90. The number of rotatable bonds is 11. The second-order valence-electron chi connectivity index (χ2n) is 6.29.